The fourth-order valence-electron chi connectivity index (χ4n) is 1.40. The van der Waals surface area contributed by atoms with E-state index in [9.17, 15) is 9.59 Å². The van der Waals surface area contributed by atoms with E-state index < -0.39 is 17.9 Å². The van der Waals surface area contributed by atoms with Gasteiger partial charge in [0.2, 0.25) is 0 Å². The van der Waals surface area contributed by atoms with Gasteiger partial charge < -0.3 is 20.9 Å². The summed E-state index contributed by atoms with van der Waals surface area (Å²) >= 11 is 0. The first-order valence-corrected chi connectivity index (χ1v) is 5.45. The van der Waals surface area contributed by atoms with Gasteiger partial charge in [-0.15, -0.1) is 0 Å². The average molecular weight is 252 g/mol. The summed E-state index contributed by atoms with van der Waals surface area (Å²) in [6.07, 6.45) is 0.790. The van der Waals surface area contributed by atoms with Crippen LogP contribution in [0.5, 0.6) is 5.75 Å². The van der Waals surface area contributed by atoms with E-state index in [1.54, 1.807) is 12.1 Å². The summed E-state index contributed by atoms with van der Waals surface area (Å²) in [5.74, 6) is -1.70. The molecule has 0 bridgehead atoms. The maximum absolute atomic E-state index is 11.5. The topological polar surface area (TPSA) is 102 Å². The Kier molecular flexibility index (Phi) is 4.67. The predicted molar refractivity (Wildman–Crippen MR) is 66.6 cm³/mol. The van der Waals surface area contributed by atoms with Gasteiger partial charge in [0.25, 0.3) is 5.91 Å². The van der Waals surface area contributed by atoms with Crippen LogP contribution in [0.25, 0.3) is 0 Å². The Labute approximate surface area is 105 Å². The van der Waals surface area contributed by atoms with Crippen molar-refractivity contribution in [3.05, 3.63) is 23.8 Å². The summed E-state index contributed by atoms with van der Waals surface area (Å²) in [5, 5.41) is 11.1. The third-order valence-corrected chi connectivity index (χ3v) is 2.48. The van der Waals surface area contributed by atoms with Crippen molar-refractivity contribution in [3.8, 4) is 5.75 Å². The van der Waals surface area contributed by atoms with Gasteiger partial charge in [0, 0.05) is 0 Å². The maximum atomic E-state index is 11.5. The molecule has 1 rings (SSSR count). The Balaban J connectivity index is 2.94. The van der Waals surface area contributed by atoms with Crippen LogP contribution in [0.15, 0.2) is 18.2 Å². The molecule has 6 nitrogen and oxygen atoms in total. The first kappa shape index (κ1) is 14.0. The molecule has 18 heavy (non-hydrogen) atoms. The molecule has 4 N–H and O–H groups in total. The second-order valence-corrected chi connectivity index (χ2v) is 3.69. The SMILES string of the molecule is CCc1ccc(OC)c(NC(=O)C(N)C(=O)O)c1. The minimum Gasteiger partial charge on any atom is -0.495 e. The summed E-state index contributed by atoms with van der Waals surface area (Å²) < 4.78 is 5.08. The van der Waals surface area contributed by atoms with E-state index in [1.807, 2.05) is 13.0 Å². The van der Waals surface area contributed by atoms with Gasteiger partial charge in [-0.25, -0.2) is 4.79 Å². The lowest BCUT2D eigenvalue weighted by atomic mass is 10.1. The van der Waals surface area contributed by atoms with Gasteiger partial charge in [-0.1, -0.05) is 13.0 Å². The molecule has 98 valence electrons. The molecule has 0 fully saturated rings. The summed E-state index contributed by atoms with van der Waals surface area (Å²) in [4.78, 5) is 22.1. The van der Waals surface area contributed by atoms with Crippen LogP contribution in [0.1, 0.15) is 12.5 Å². The standard InChI is InChI=1S/C12H16N2O4/c1-3-7-4-5-9(18-2)8(6-7)14-11(15)10(13)12(16)17/h4-6,10H,3,13H2,1-2H3,(H,14,15)(H,16,17). The summed E-state index contributed by atoms with van der Waals surface area (Å²) in [7, 11) is 1.47. The molecular weight excluding hydrogens is 236 g/mol. The molecule has 0 aliphatic rings. The van der Waals surface area contributed by atoms with E-state index in [1.165, 1.54) is 7.11 Å². The van der Waals surface area contributed by atoms with Crippen LogP contribution in [-0.2, 0) is 16.0 Å². The largest absolute Gasteiger partial charge is 0.495 e. The number of nitrogens with two attached hydrogens (primary N) is 1. The number of carboxylic acids is 1. The van der Waals surface area contributed by atoms with E-state index in [-0.39, 0.29) is 0 Å². The molecule has 0 radical (unpaired) electrons. The number of carboxylic acid groups (broad SMARTS) is 1. The fourth-order valence-corrected chi connectivity index (χ4v) is 1.40. The minimum absolute atomic E-state index is 0.415. The number of hydrogen-bond acceptors (Lipinski definition) is 4. The molecule has 0 saturated heterocycles. The molecule has 1 aromatic carbocycles. The number of ether oxygens (including phenoxy) is 1. The summed E-state index contributed by atoms with van der Waals surface area (Å²) in [6.45, 7) is 1.97. The van der Waals surface area contributed by atoms with Crippen LogP contribution in [0, 0.1) is 0 Å². The number of aliphatic carboxylic acids is 1. The van der Waals surface area contributed by atoms with Gasteiger partial charge in [-0.3, -0.25) is 4.79 Å². The highest BCUT2D eigenvalue weighted by Gasteiger charge is 2.22. The van der Waals surface area contributed by atoms with E-state index in [0.29, 0.717) is 11.4 Å². The zero-order valence-corrected chi connectivity index (χ0v) is 10.3. The number of aryl methyl sites for hydroxylation is 1. The quantitative estimate of drug-likeness (QED) is 0.666. The Hall–Kier alpha value is -2.08. The molecule has 0 heterocycles. The van der Waals surface area contributed by atoms with Gasteiger partial charge in [0.15, 0.2) is 6.04 Å². The van der Waals surface area contributed by atoms with Gasteiger partial charge in [-0.2, -0.15) is 0 Å². The van der Waals surface area contributed by atoms with Gasteiger partial charge in [-0.05, 0) is 24.1 Å². The zero-order chi connectivity index (χ0) is 13.7. The van der Waals surface area contributed by atoms with Crippen molar-refractivity contribution in [1.82, 2.24) is 0 Å². The number of hydrogen-bond donors (Lipinski definition) is 3. The normalized spacial score (nSPS) is 11.7. The minimum atomic E-state index is -1.60. The molecule has 0 aliphatic carbocycles. The zero-order valence-electron chi connectivity index (χ0n) is 10.3. The number of carbonyl (C=O) groups excluding carboxylic acids is 1. The predicted octanol–water partition coefficient (Wildman–Crippen LogP) is 0.608. The molecule has 1 amide bonds. The lowest BCUT2D eigenvalue weighted by Gasteiger charge is -2.13. The van der Waals surface area contributed by atoms with Gasteiger partial charge in [0.05, 0.1) is 12.8 Å². The van der Waals surface area contributed by atoms with Crippen LogP contribution in [-0.4, -0.2) is 30.1 Å². The Morgan fingerprint density at radius 1 is 1.50 bits per heavy atom. The van der Waals surface area contributed by atoms with Crippen LogP contribution >= 0.6 is 0 Å². The van der Waals surface area contributed by atoms with E-state index >= 15 is 0 Å². The number of amides is 1. The number of rotatable bonds is 5. The number of nitrogens with one attached hydrogen (secondary N) is 1. The van der Waals surface area contributed by atoms with Crippen molar-refractivity contribution in [1.29, 1.82) is 0 Å². The maximum Gasteiger partial charge on any atom is 0.330 e. The molecule has 0 aromatic heterocycles. The molecule has 1 atom stereocenters. The van der Waals surface area contributed by atoms with Crippen LogP contribution in [0.4, 0.5) is 5.69 Å². The second-order valence-electron chi connectivity index (χ2n) is 3.69. The van der Waals surface area contributed by atoms with Crippen molar-refractivity contribution in [2.24, 2.45) is 5.73 Å². The van der Waals surface area contributed by atoms with Gasteiger partial charge in [0.1, 0.15) is 5.75 Å². The monoisotopic (exact) mass is 252 g/mol. The first-order chi connectivity index (χ1) is 8.49. The average Bonchev–Trinajstić information content (AvgIpc) is 2.37. The third-order valence-electron chi connectivity index (χ3n) is 2.48. The van der Waals surface area contributed by atoms with Crippen LogP contribution in [0.2, 0.25) is 0 Å². The molecule has 1 unspecified atom stereocenters. The van der Waals surface area contributed by atoms with E-state index in [0.717, 1.165) is 12.0 Å². The Bertz CT molecular complexity index is 459. The number of methoxy groups -OCH3 is 1. The fraction of sp³-hybridized carbons (Fsp3) is 0.333. The van der Waals surface area contributed by atoms with Crippen molar-refractivity contribution in [3.63, 3.8) is 0 Å². The lowest BCUT2D eigenvalue weighted by Crippen LogP contribution is -2.42. The third kappa shape index (κ3) is 3.21. The summed E-state index contributed by atoms with van der Waals surface area (Å²) in [6, 6.07) is 3.71. The van der Waals surface area contributed by atoms with E-state index in [2.05, 4.69) is 5.32 Å². The lowest BCUT2D eigenvalue weighted by molar-refractivity contribution is -0.141. The first-order valence-electron chi connectivity index (χ1n) is 5.45. The highest BCUT2D eigenvalue weighted by molar-refractivity contribution is 6.08. The van der Waals surface area contributed by atoms with E-state index in [4.69, 9.17) is 15.6 Å². The molecule has 0 aliphatic heterocycles. The molecule has 1 aromatic rings. The van der Waals surface area contributed by atoms with Crippen molar-refractivity contribution in [2.45, 2.75) is 19.4 Å². The smallest absolute Gasteiger partial charge is 0.330 e. The number of carbonyl (C=O) groups is 2. The van der Waals surface area contributed by atoms with Crippen molar-refractivity contribution < 1.29 is 19.4 Å². The highest BCUT2D eigenvalue weighted by atomic mass is 16.5. The number of anilines is 1. The van der Waals surface area contributed by atoms with Crippen molar-refractivity contribution >= 4 is 17.6 Å². The Morgan fingerprint density at radius 2 is 2.17 bits per heavy atom. The van der Waals surface area contributed by atoms with Crippen molar-refractivity contribution in [2.75, 3.05) is 12.4 Å². The Morgan fingerprint density at radius 3 is 2.67 bits per heavy atom. The molecular formula is C12H16N2O4. The highest BCUT2D eigenvalue weighted by Crippen LogP contribution is 2.25. The van der Waals surface area contributed by atoms with Gasteiger partial charge >= 0.3 is 5.97 Å². The van der Waals surface area contributed by atoms with Crippen LogP contribution < -0.4 is 15.8 Å². The second kappa shape index (κ2) is 6.02. The summed E-state index contributed by atoms with van der Waals surface area (Å²) in [5.41, 5.74) is 6.63. The molecule has 0 saturated carbocycles. The molecule has 0 spiro atoms. The number of benzene rings is 1. The van der Waals surface area contributed by atoms with Crippen LogP contribution in [0.3, 0.4) is 0 Å². The molecule has 6 heteroatoms.